The van der Waals surface area contributed by atoms with Crippen LogP contribution >= 0.6 is 23.2 Å². The van der Waals surface area contributed by atoms with E-state index in [1.165, 1.54) is 6.26 Å². The summed E-state index contributed by atoms with van der Waals surface area (Å²) >= 11 is 12.0. The predicted molar refractivity (Wildman–Crippen MR) is 115 cm³/mol. The number of ether oxygens (including phenoxy) is 2. The molecule has 0 fully saturated rings. The van der Waals surface area contributed by atoms with Crippen molar-refractivity contribution in [2.75, 3.05) is 7.11 Å². The van der Waals surface area contributed by atoms with Crippen LogP contribution in [0.1, 0.15) is 5.56 Å². The zero-order valence-electron chi connectivity index (χ0n) is 15.4. The Morgan fingerprint density at radius 2 is 1.66 bits per heavy atom. The van der Waals surface area contributed by atoms with E-state index < -0.39 is 0 Å². The third-order valence-electron chi connectivity index (χ3n) is 4.54. The van der Waals surface area contributed by atoms with Gasteiger partial charge in [-0.15, -0.1) is 0 Å². The molecule has 0 aliphatic carbocycles. The molecule has 0 bridgehead atoms. The maximum Gasteiger partial charge on any atom is 0.200 e. The molecule has 0 aliphatic rings. The van der Waals surface area contributed by atoms with E-state index in [1.807, 2.05) is 18.2 Å². The summed E-state index contributed by atoms with van der Waals surface area (Å²) in [5, 5.41) is 1.46. The highest BCUT2D eigenvalue weighted by Gasteiger charge is 2.11. The molecule has 0 aliphatic heterocycles. The van der Waals surface area contributed by atoms with Crippen LogP contribution in [-0.4, -0.2) is 7.11 Å². The van der Waals surface area contributed by atoms with Gasteiger partial charge < -0.3 is 13.9 Å². The lowest BCUT2D eigenvalue weighted by Gasteiger charge is -2.09. The van der Waals surface area contributed by atoms with Crippen LogP contribution in [0.5, 0.6) is 11.5 Å². The molecule has 1 heterocycles. The lowest BCUT2D eigenvalue weighted by atomic mass is 10.1. The van der Waals surface area contributed by atoms with Crippen LogP contribution < -0.4 is 14.9 Å². The van der Waals surface area contributed by atoms with Gasteiger partial charge in [0.1, 0.15) is 30.0 Å². The molecule has 4 nitrogen and oxygen atoms in total. The van der Waals surface area contributed by atoms with Crippen molar-refractivity contribution in [1.29, 1.82) is 0 Å². The summed E-state index contributed by atoms with van der Waals surface area (Å²) in [4.78, 5) is 12.9. The lowest BCUT2D eigenvalue weighted by Crippen LogP contribution is -2.05. The minimum absolute atomic E-state index is 0.104. The number of benzene rings is 3. The summed E-state index contributed by atoms with van der Waals surface area (Å²) in [6.45, 7) is 0.316. The first-order valence-electron chi connectivity index (χ1n) is 8.82. The van der Waals surface area contributed by atoms with Gasteiger partial charge in [-0.3, -0.25) is 4.79 Å². The van der Waals surface area contributed by atoms with Gasteiger partial charge in [-0.05, 0) is 47.5 Å². The number of halogens is 2. The first-order chi connectivity index (χ1) is 14.0. The first kappa shape index (κ1) is 19.4. The molecule has 0 saturated carbocycles. The molecule has 3 aromatic carbocycles. The van der Waals surface area contributed by atoms with Crippen molar-refractivity contribution in [2.24, 2.45) is 0 Å². The van der Waals surface area contributed by atoms with Crippen molar-refractivity contribution in [3.8, 4) is 22.6 Å². The van der Waals surface area contributed by atoms with E-state index in [1.54, 1.807) is 49.6 Å². The Hall–Kier alpha value is -2.95. The predicted octanol–water partition coefficient (Wildman–Crippen LogP) is 6.35. The van der Waals surface area contributed by atoms with Crippen molar-refractivity contribution < 1.29 is 13.9 Å². The smallest absolute Gasteiger partial charge is 0.200 e. The fourth-order valence-corrected chi connectivity index (χ4v) is 3.29. The van der Waals surface area contributed by atoms with Crippen LogP contribution in [0.15, 0.2) is 76.1 Å². The summed E-state index contributed by atoms with van der Waals surface area (Å²) < 4.78 is 16.7. The number of hydrogen-bond acceptors (Lipinski definition) is 4. The Bertz CT molecular complexity index is 1230. The van der Waals surface area contributed by atoms with E-state index in [0.717, 1.165) is 16.9 Å². The van der Waals surface area contributed by atoms with E-state index >= 15 is 0 Å². The van der Waals surface area contributed by atoms with Gasteiger partial charge in [0.15, 0.2) is 5.43 Å². The second kappa shape index (κ2) is 8.19. The molecule has 6 heteroatoms. The Morgan fingerprint density at radius 3 is 2.38 bits per heavy atom. The Balaban J connectivity index is 1.59. The molecule has 0 spiro atoms. The molecular weight excluding hydrogens is 411 g/mol. The van der Waals surface area contributed by atoms with Gasteiger partial charge in [0, 0.05) is 6.07 Å². The van der Waals surface area contributed by atoms with Crippen LogP contribution in [-0.2, 0) is 6.61 Å². The van der Waals surface area contributed by atoms with E-state index in [4.69, 9.17) is 37.1 Å². The van der Waals surface area contributed by atoms with Crippen LogP contribution in [0, 0.1) is 0 Å². The monoisotopic (exact) mass is 426 g/mol. The topological polar surface area (TPSA) is 48.7 Å². The molecule has 0 radical (unpaired) electrons. The summed E-state index contributed by atoms with van der Waals surface area (Å²) in [7, 11) is 1.60. The van der Waals surface area contributed by atoms with Crippen molar-refractivity contribution in [3.05, 3.63) is 92.8 Å². The van der Waals surface area contributed by atoms with Gasteiger partial charge in [0.25, 0.3) is 0 Å². The molecule has 4 rings (SSSR count). The standard InChI is InChI=1S/C23H16Cl2O4/c1-27-16-5-3-15(4-6-16)19-13-29-22-11-17(7-8-18(22)23(19)26)28-12-14-2-9-20(24)21(25)10-14/h2-11,13H,12H2,1H3. The molecule has 146 valence electrons. The molecule has 1 aromatic heterocycles. The zero-order chi connectivity index (χ0) is 20.4. The average Bonchev–Trinajstić information content (AvgIpc) is 2.75. The summed E-state index contributed by atoms with van der Waals surface area (Å²) in [5.41, 5.74) is 2.49. The molecule has 0 atom stereocenters. The molecule has 0 N–H and O–H groups in total. The maximum absolute atomic E-state index is 12.9. The van der Waals surface area contributed by atoms with Gasteiger partial charge in [-0.1, -0.05) is 41.4 Å². The largest absolute Gasteiger partial charge is 0.497 e. The molecule has 0 saturated heterocycles. The number of hydrogen-bond donors (Lipinski definition) is 0. The second-order valence-electron chi connectivity index (χ2n) is 6.40. The highest BCUT2D eigenvalue weighted by Crippen LogP contribution is 2.26. The molecule has 29 heavy (non-hydrogen) atoms. The van der Waals surface area contributed by atoms with Crippen molar-refractivity contribution in [1.82, 2.24) is 0 Å². The molecule has 0 unspecified atom stereocenters. The first-order valence-corrected chi connectivity index (χ1v) is 9.57. The van der Waals surface area contributed by atoms with Crippen LogP contribution in [0.2, 0.25) is 10.0 Å². The van der Waals surface area contributed by atoms with Gasteiger partial charge in [-0.25, -0.2) is 0 Å². The normalized spacial score (nSPS) is 10.9. The van der Waals surface area contributed by atoms with Gasteiger partial charge in [0.2, 0.25) is 0 Å². The Kier molecular flexibility index (Phi) is 5.47. The van der Waals surface area contributed by atoms with Crippen LogP contribution in [0.4, 0.5) is 0 Å². The van der Waals surface area contributed by atoms with Gasteiger partial charge in [-0.2, -0.15) is 0 Å². The number of fused-ring (bicyclic) bond motifs is 1. The fourth-order valence-electron chi connectivity index (χ4n) is 2.96. The highest BCUT2D eigenvalue weighted by molar-refractivity contribution is 6.42. The van der Waals surface area contributed by atoms with Crippen molar-refractivity contribution in [2.45, 2.75) is 6.61 Å². The highest BCUT2D eigenvalue weighted by atomic mass is 35.5. The average molecular weight is 427 g/mol. The van der Waals surface area contributed by atoms with E-state index in [-0.39, 0.29) is 5.43 Å². The van der Waals surface area contributed by atoms with Crippen LogP contribution in [0.25, 0.3) is 22.1 Å². The summed E-state index contributed by atoms with van der Waals surface area (Å²) in [6, 6.07) is 17.7. The van der Waals surface area contributed by atoms with Gasteiger partial charge >= 0.3 is 0 Å². The summed E-state index contributed by atoms with van der Waals surface area (Å²) in [5.74, 6) is 1.31. The van der Waals surface area contributed by atoms with E-state index in [9.17, 15) is 4.79 Å². The van der Waals surface area contributed by atoms with Crippen LogP contribution in [0.3, 0.4) is 0 Å². The van der Waals surface area contributed by atoms with Crippen molar-refractivity contribution in [3.63, 3.8) is 0 Å². The number of rotatable bonds is 5. The Labute approximate surface area is 177 Å². The third kappa shape index (κ3) is 4.09. The molecule has 4 aromatic rings. The second-order valence-corrected chi connectivity index (χ2v) is 7.22. The maximum atomic E-state index is 12.9. The Morgan fingerprint density at radius 1 is 0.897 bits per heavy atom. The third-order valence-corrected chi connectivity index (χ3v) is 5.28. The fraction of sp³-hybridized carbons (Fsp3) is 0.0870. The minimum Gasteiger partial charge on any atom is -0.497 e. The summed E-state index contributed by atoms with van der Waals surface area (Å²) in [6.07, 6.45) is 1.47. The van der Waals surface area contributed by atoms with E-state index in [2.05, 4.69) is 0 Å². The minimum atomic E-state index is -0.104. The zero-order valence-corrected chi connectivity index (χ0v) is 17.0. The molecule has 0 amide bonds. The molecular formula is C23H16Cl2O4. The quantitative estimate of drug-likeness (QED) is 0.372. The van der Waals surface area contributed by atoms with Crippen molar-refractivity contribution >= 4 is 34.2 Å². The lowest BCUT2D eigenvalue weighted by molar-refractivity contribution is 0.306. The SMILES string of the molecule is COc1ccc(-c2coc3cc(OCc4ccc(Cl)c(Cl)c4)ccc3c2=O)cc1. The van der Waals surface area contributed by atoms with Gasteiger partial charge in [0.05, 0.1) is 28.1 Å². The van der Waals surface area contributed by atoms with E-state index in [0.29, 0.717) is 38.9 Å². The number of methoxy groups -OCH3 is 1.